The summed E-state index contributed by atoms with van der Waals surface area (Å²) >= 11 is 0. The lowest BCUT2D eigenvalue weighted by Gasteiger charge is -2.23. The lowest BCUT2D eigenvalue weighted by atomic mass is 10.2. The Labute approximate surface area is 168 Å². The van der Waals surface area contributed by atoms with Crippen molar-refractivity contribution in [2.24, 2.45) is 5.73 Å². The Balaban J connectivity index is 1.91. The molecule has 30 heavy (non-hydrogen) atoms. The number of rotatable bonds is 7. The summed E-state index contributed by atoms with van der Waals surface area (Å²) in [5.74, 6) is -1.67. The molecule has 1 aromatic heterocycles. The lowest BCUT2D eigenvalue weighted by Crippen LogP contribution is -2.38. The van der Waals surface area contributed by atoms with E-state index in [4.69, 9.17) is 5.73 Å². The summed E-state index contributed by atoms with van der Waals surface area (Å²) in [6.45, 7) is -0.462. The van der Waals surface area contributed by atoms with Crippen LogP contribution in [0.1, 0.15) is 6.42 Å². The van der Waals surface area contributed by atoms with Gasteiger partial charge in [0.05, 0.1) is 22.2 Å². The number of halogens is 1. The molecule has 0 aliphatic carbocycles. The summed E-state index contributed by atoms with van der Waals surface area (Å²) in [5, 5.41) is 11.0. The monoisotopic (exact) mass is 413 g/mol. The summed E-state index contributed by atoms with van der Waals surface area (Å²) in [6, 6.07) is 8.68. The summed E-state index contributed by atoms with van der Waals surface area (Å²) in [6.07, 6.45) is 0.987. The minimum atomic E-state index is -0.624. The van der Waals surface area contributed by atoms with E-state index in [0.29, 0.717) is 5.69 Å². The maximum Gasteiger partial charge on any atom is 0.271 e. The number of carbonyl (C=O) groups excluding carboxylic acids is 2. The number of primary amides is 1. The Morgan fingerprint density at radius 1 is 1.20 bits per heavy atom. The van der Waals surface area contributed by atoms with Crippen LogP contribution < -0.4 is 16.2 Å². The first-order valence-electron chi connectivity index (χ1n) is 8.74. The highest BCUT2D eigenvalue weighted by molar-refractivity contribution is 5.94. The fourth-order valence-electron chi connectivity index (χ4n) is 2.84. The Morgan fingerprint density at radius 2 is 1.90 bits per heavy atom. The van der Waals surface area contributed by atoms with Gasteiger partial charge < -0.3 is 10.6 Å². The van der Waals surface area contributed by atoms with Crippen molar-refractivity contribution < 1.29 is 18.9 Å². The number of hydrogen-bond acceptors (Lipinski definition) is 6. The standard InChI is InChI=1S/C19H16FN5O5/c20-12-1-3-13(4-2-12)24(8-7-17(21)26)18(27)10-23-11-22-16-9-14(25(29)30)5-6-15(16)19(23)28/h1-6,9,11H,7-8,10H2,(H2,21,26). The van der Waals surface area contributed by atoms with Gasteiger partial charge in [-0.25, -0.2) is 9.37 Å². The quantitative estimate of drug-likeness (QED) is 0.458. The smallest absolute Gasteiger partial charge is 0.271 e. The van der Waals surface area contributed by atoms with Crippen LogP contribution in [0.5, 0.6) is 0 Å². The van der Waals surface area contributed by atoms with Gasteiger partial charge in [0.15, 0.2) is 0 Å². The third-order valence-corrected chi connectivity index (χ3v) is 4.35. The van der Waals surface area contributed by atoms with Crippen molar-refractivity contribution in [1.82, 2.24) is 9.55 Å². The van der Waals surface area contributed by atoms with Crippen molar-refractivity contribution >= 4 is 34.1 Å². The molecule has 2 N–H and O–H groups in total. The second kappa shape index (κ2) is 8.47. The maximum absolute atomic E-state index is 13.2. The summed E-state index contributed by atoms with van der Waals surface area (Å²) in [4.78, 5) is 52.2. The van der Waals surface area contributed by atoms with Gasteiger partial charge in [-0.15, -0.1) is 0 Å². The molecule has 154 valence electrons. The fraction of sp³-hybridized carbons (Fsp3) is 0.158. The maximum atomic E-state index is 13.2. The van der Waals surface area contributed by atoms with Gasteiger partial charge in [-0.2, -0.15) is 0 Å². The Hall–Kier alpha value is -4.15. The van der Waals surface area contributed by atoms with Gasteiger partial charge in [-0.05, 0) is 30.3 Å². The first-order valence-corrected chi connectivity index (χ1v) is 8.74. The summed E-state index contributed by atoms with van der Waals surface area (Å²) in [5.41, 5.74) is 4.86. The van der Waals surface area contributed by atoms with Crippen molar-refractivity contribution in [1.29, 1.82) is 0 Å². The van der Waals surface area contributed by atoms with Crippen LogP contribution >= 0.6 is 0 Å². The molecule has 11 heteroatoms. The number of nitro benzene ring substituents is 1. The molecule has 0 saturated heterocycles. The molecule has 0 atom stereocenters. The molecule has 0 saturated carbocycles. The van der Waals surface area contributed by atoms with E-state index in [-0.39, 0.29) is 29.6 Å². The summed E-state index contributed by atoms with van der Waals surface area (Å²) in [7, 11) is 0. The normalized spacial score (nSPS) is 10.7. The van der Waals surface area contributed by atoms with Gasteiger partial charge in [0.2, 0.25) is 11.8 Å². The van der Waals surface area contributed by atoms with Crippen molar-refractivity contribution in [3.05, 3.63) is 75.1 Å². The van der Waals surface area contributed by atoms with Crippen LogP contribution in [0.25, 0.3) is 10.9 Å². The average Bonchev–Trinajstić information content (AvgIpc) is 2.71. The molecule has 0 spiro atoms. The molecule has 2 amide bonds. The van der Waals surface area contributed by atoms with Crippen LogP contribution in [-0.2, 0) is 16.1 Å². The van der Waals surface area contributed by atoms with Crippen molar-refractivity contribution in [3.63, 3.8) is 0 Å². The highest BCUT2D eigenvalue weighted by Crippen LogP contribution is 2.18. The predicted molar refractivity (Wildman–Crippen MR) is 105 cm³/mol. The van der Waals surface area contributed by atoms with E-state index in [1.165, 1.54) is 35.2 Å². The highest BCUT2D eigenvalue weighted by atomic mass is 19.1. The molecule has 0 aliphatic heterocycles. The largest absolute Gasteiger partial charge is 0.370 e. The van der Waals surface area contributed by atoms with Gasteiger partial charge in [0.1, 0.15) is 12.4 Å². The minimum absolute atomic E-state index is 0.0538. The number of nitro groups is 1. The first kappa shape index (κ1) is 20.6. The van der Waals surface area contributed by atoms with Gasteiger partial charge in [0, 0.05) is 30.8 Å². The van der Waals surface area contributed by atoms with Crippen LogP contribution in [0.3, 0.4) is 0 Å². The van der Waals surface area contributed by atoms with Crippen LogP contribution in [-0.4, -0.2) is 32.8 Å². The number of nitrogens with two attached hydrogens (primary N) is 1. The van der Waals surface area contributed by atoms with E-state index in [1.54, 1.807) is 0 Å². The van der Waals surface area contributed by atoms with Gasteiger partial charge >= 0.3 is 0 Å². The number of benzene rings is 2. The van der Waals surface area contributed by atoms with E-state index < -0.39 is 34.7 Å². The molecule has 2 aromatic carbocycles. The SMILES string of the molecule is NC(=O)CCN(C(=O)Cn1cnc2cc([N+](=O)[O-])ccc2c1=O)c1ccc(F)cc1. The fourth-order valence-corrected chi connectivity index (χ4v) is 2.84. The molecule has 0 fully saturated rings. The Kier molecular flexibility index (Phi) is 5.81. The zero-order chi connectivity index (χ0) is 21.8. The number of aromatic nitrogens is 2. The third kappa shape index (κ3) is 4.46. The highest BCUT2D eigenvalue weighted by Gasteiger charge is 2.19. The van der Waals surface area contributed by atoms with Gasteiger partial charge in [0.25, 0.3) is 11.2 Å². The molecule has 10 nitrogen and oxygen atoms in total. The topological polar surface area (TPSA) is 141 Å². The molecule has 0 unspecified atom stereocenters. The van der Waals surface area contributed by atoms with Gasteiger partial charge in [-0.3, -0.25) is 29.1 Å². The van der Waals surface area contributed by atoms with E-state index in [1.807, 2.05) is 0 Å². The zero-order valence-electron chi connectivity index (χ0n) is 15.5. The van der Waals surface area contributed by atoms with Crippen LogP contribution in [0.15, 0.2) is 53.6 Å². The third-order valence-electron chi connectivity index (χ3n) is 4.35. The van der Waals surface area contributed by atoms with E-state index in [2.05, 4.69) is 4.98 Å². The first-order chi connectivity index (χ1) is 14.3. The summed E-state index contributed by atoms with van der Waals surface area (Å²) < 4.78 is 14.3. The number of non-ortho nitro benzene ring substituents is 1. The van der Waals surface area contributed by atoms with Crippen LogP contribution in [0, 0.1) is 15.9 Å². The lowest BCUT2D eigenvalue weighted by molar-refractivity contribution is -0.384. The molecule has 3 rings (SSSR count). The number of anilines is 1. The number of amides is 2. The number of fused-ring (bicyclic) bond motifs is 1. The van der Waals surface area contributed by atoms with Gasteiger partial charge in [-0.1, -0.05) is 0 Å². The van der Waals surface area contributed by atoms with Crippen LogP contribution in [0.2, 0.25) is 0 Å². The molecular weight excluding hydrogens is 397 g/mol. The molecule has 0 radical (unpaired) electrons. The number of hydrogen-bond donors (Lipinski definition) is 1. The number of nitrogens with zero attached hydrogens (tertiary/aromatic N) is 4. The van der Waals surface area contributed by atoms with Crippen molar-refractivity contribution in [2.75, 3.05) is 11.4 Å². The molecular formula is C19H16FN5O5. The van der Waals surface area contributed by atoms with E-state index >= 15 is 0 Å². The van der Waals surface area contributed by atoms with Crippen molar-refractivity contribution in [3.8, 4) is 0 Å². The van der Waals surface area contributed by atoms with E-state index in [9.17, 15) is 28.9 Å². The Morgan fingerprint density at radius 3 is 2.53 bits per heavy atom. The molecule has 0 bridgehead atoms. The predicted octanol–water partition coefficient (Wildman–Crippen LogP) is 1.35. The molecule has 0 aliphatic rings. The average molecular weight is 413 g/mol. The zero-order valence-corrected chi connectivity index (χ0v) is 15.5. The second-order valence-corrected chi connectivity index (χ2v) is 6.37. The van der Waals surface area contributed by atoms with Crippen LogP contribution in [0.4, 0.5) is 15.8 Å². The van der Waals surface area contributed by atoms with E-state index in [0.717, 1.165) is 23.0 Å². The minimum Gasteiger partial charge on any atom is -0.370 e. The molecule has 1 heterocycles. The van der Waals surface area contributed by atoms with Crippen molar-refractivity contribution in [2.45, 2.75) is 13.0 Å². The Bertz CT molecular complexity index is 1190. The number of carbonyl (C=O) groups is 2. The molecule has 3 aromatic rings. The second-order valence-electron chi connectivity index (χ2n) is 6.37.